The fourth-order valence-electron chi connectivity index (χ4n) is 3.60. The van der Waals surface area contributed by atoms with Gasteiger partial charge in [-0.3, -0.25) is 23.6 Å². The Morgan fingerprint density at radius 3 is 2.56 bits per heavy atom. The molecule has 1 aliphatic carbocycles. The third kappa shape index (κ3) is 5.16. The average Bonchev–Trinajstić information content (AvgIpc) is 3.25. The molecule has 14 heteroatoms. The van der Waals surface area contributed by atoms with Gasteiger partial charge in [-0.1, -0.05) is 0 Å². The summed E-state index contributed by atoms with van der Waals surface area (Å²) in [5.74, 6) is -0.924. The molecule has 0 atom stereocenters. The zero-order chi connectivity index (χ0) is 24.6. The third-order valence-corrected chi connectivity index (χ3v) is 6.14. The standard InChI is InChI=1S/C20H22BrF3N8O2/c1-30-10-11(8-26-30)7-25-19(34)17-13(9-27-31(17)2)28-14(33)5-6-32-16(12-3-4-12)15(21)18(29-32)20(22,23)24/h8-10,12H,3-7H2,1-2H3,(H,25,34)(H,28,33). The number of hydrogen-bond acceptors (Lipinski definition) is 5. The van der Waals surface area contributed by atoms with E-state index in [2.05, 4.69) is 41.9 Å². The highest BCUT2D eigenvalue weighted by Gasteiger charge is 2.41. The van der Waals surface area contributed by atoms with Gasteiger partial charge in [0.1, 0.15) is 5.69 Å². The second-order valence-corrected chi connectivity index (χ2v) is 8.87. The Morgan fingerprint density at radius 2 is 1.94 bits per heavy atom. The van der Waals surface area contributed by atoms with Crippen molar-refractivity contribution in [2.75, 3.05) is 5.32 Å². The Morgan fingerprint density at radius 1 is 1.21 bits per heavy atom. The predicted octanol–water partition coefficient (Wildman–Crippen LogP) is 2.97. The van der Waals surface area contributed by atoms with E-state index in [1.165, 1.54) is 15.6 Å². The maximum absolute atomic E-state index is 13.3. The number of rotatable bonds is 8. The highest BCUT2D eigenvalue weighted by Crippen LogP contribution is 2.47. The fraction of sp³-hybridized carbons (Fsp3) is 0.450. The molecule has 0 bridgehead atoms. The first-order valence-electron chi connectivity index (χ1n) is 10.5. The van der Waals surface area contributed by atoms with Gasteiger partial charge in [-0.05, 0) is 28.8 Å². The molecule has 4 rings (SSSR count). The number of anilines is 1. The summed E-state index contributed by atoms with van der Waals surface area (Å²) in [6.45, 7) is 0.208. The number of nitrogens with one attached hydrogen (secondary N) is 2. The van der Waals surface area contributed by atoms with Crippen molar-refractivity contribution in [3.05, 3.63) is 45.7 Å². The summed E-state index contributed by atoms with van der Waals surface area (Å²) in [5.41, 5.74) is 0.624. The summed E-state index contributed by atoms with van der Waals surface area (Å²) < 4.78 is 43.9. The van der Waals surface area contributed by atoms with Crippen molar-refractivity contribution in [1.82, 2.24) is 34.7 Å². The molecule has 2 amide bonds. The Kier molecular flexibility index (Phi) is 6.51. The number of halogens is 4. The first-order valence-corrected chi connectivity index (χ1v) is 11.2. The molecule has 3 heterocycles. The lowest BCUT2D eigenvalue weighted by Gasteiger charge is -2.10. The van der Waals surface area contributed by atoms with Crippen LogP contribution < -0.4 is 10.6 Å². The van der Waals surface area contributed by atoms with E-state index in [9.17, 15) is 22.8 Å². The molecular formula is C20H22BrF3N8O2. The minimum atomic E-state index is -4.59. The van der Waals surface area contributed by atoms with Crippen LogP contribution in [0.3, 0.4) is 0 Å². The van der Waals surface area contributed by atoms with Gasteiger partial charge in [-0.2, -0.15) is 28.5 Å². The van der Waals surface area contributed by atoms with E-state index in [4.69, 9.17) is 0 Å². The van der Waals surface area contributed by atoms with E-state index in [-0.39, 0.29) is 41.3 Å². The monoisotopic (exact) mass is 542 g/mol. The zero-order valence-corrected chi connectivity index (χ0v) is 19.9. The van der Waals surface area contributed by atoms with Crippen LogP contribution in [0.5, 0.6) is 0 Å². The first-order chi connectivity index (χ1) is 16.0. The molecule has 0 radical (unpaired) electrons. The molecule has 1 fully saturated rings. The maximum Gasteiger partial charge on any atom is 0.436 e. The number of carbonyl (C=O) groups excluding carboxylic acids is 2. The normalized spacial score (nSPS) is 13.8. The van der Waals surface area contributed by atoms with Crippen LogP contribution >= 0.6 is 15.9 Å². The van der Waals surface area contributed by atoms with Crippen molar-refractivity contribution in [3.8, 4) is 0 Å². The van der Waals surface area contributed by atoms with Crippen LogP contribution in [-0.2, 0) is 38.2 Å². The molecule has 2 N–H and O–H groups in total. The van der Waals surface area contributed by atoms with Crippen LogP contribution in [0.2, 0.25) is 0 Å². The Bertz CT molecular complexity index is 1230. The SMILES string of the molecule is Cn1cc(CNC(=O)c2c(NC(=O)CCn3nc(C(F)(F)F)c(Br)c3C3CC3)cnn2C)cn1. The highest BCUT2D eigenvalue weighted by molar-refractivity contribution is 9.10. The molecule has 0 aliphatic heterocycles. The summed E-state index contributed by atoms with van der Waals surface area (Å²) in [7, 11) is 3.33. The Labute approximate surface area is 200 Å². The molecule has 0 unspecified atom stereocenters. The van der Waals surface area contributed by atoms with E-state index in [1.807, 2.05) is 0 Å². The molecule has 3 aromatic rings. The summed E-state index contributed by atoms with van der Waals surface area (Å²) in [4.78, 5) is 25.2. The highest BCUT2D eigenvalue weighted by atomic mass is 79.9. The Balaban J connectivity index is 1.41. The van der Waals surface area contributed by atoms with E-state index in [0.29, 0.717) is 5.69 Å². The molecular weight excluding hydrogens is 521 g/mol. The average molecular weight is 543 g/mol. The van der Waals surface area contributed by atoms with Crippen LogP contribution in [0.25, 0.3) is 0 Å². The van der Waals surface area contributed by atoms with Gasteiger partial charge in [-0.25, -0.2) is 0 Å². The summed E-state index contributed by atoms with van der Waals surface area (Å²) >= 11 is 3.04. The Hall–Kier alpha value is -3.16. The van der Waals surface area contributed by atoms with Gasteiger partial charge in [-0.15, -0.1) is 0 Å². The van der Waals surface area contributed by atoms with Crippen molar-refractivity contribution >= 4 is 33.4 Å². The van der Waals surface area contributed by atoms with Gasteiger partial charge < -0.3 is 10.6 Å². The lowest BCUT2D eigenvalue weighted by Crippen LogP contribution is -2.27. The number of hydrogen-bond donors (Lipinski definition) is 2. The smallest absolute Gasteiger partial charge is 0.346 e. The number of alkyl halides is 3. The van der Waals surface area contributed by atoms with Gasteiger partial charge in [0.2, 0.25) is 5.91 Å². The van der Waals surface area contributed by atoms with Gasteiger partial charge in [0, 0.05) is 44.7 Å². The van der Waals surface area contributed by atoms with Gasteiger partial charge in [0.05, 0.1) is 34.8 Å². The molecule has 34 heavy (non-hydrogen) atoms. The minimum absolute atomic E-state index is 0.00512. The molecule has 0 saturated heterocycles. The molecule has 1 saturated carbocycles. The molecule has 1 aliphatic rings. The van der Waals surface area contributed by atoms with Crippen molar-refractivity contribution in [2.45, 2.75) is 44.4 Å². The maximum atomic E-state index is 13.3. The summed E-state index contributed by atoms with van der Waals surface area (Å²) in [6.07, 6.45) is 1.57. The minimum Gasteiger partial charge on any atom is -0.346 e. The van der Waals surface area contributed by atoms with Crippen LogP contribution in [0.4, 0.5) is 18.9 Å². The number of aryl methyl sites for hydroxylation is 3. The second-order valence-electron chi connectivity index (χ2n) is 8.08. The van der Waals surface area contributed by atoms with Crippen molar-refractivity contribution in [3.63, 3.8) is 0 Å². The molecule has 0 spiro atoms. The van der Waals surface area contributed by atoms with Crippen molar-refractivity contribution in [2.24, 2.45) is 14.1 Å². The summed E-state index contributed by atoms with van der Waals surface area (Å²) in [5, 5.41) is 17.1. The topological polar surface area (TPSA) is 112 Å². The first kappa shape index (κ1) is 24.0. The van der Waals surface area contributed by atoms with E-state index >= 15 is 0 Å². The van der Waals surface area contributed by atoms with Crippen LogP contribution in [0.15, 0.2) is 23.1 Å². The van der Waals surface area contributed by atoms with Crippen LogP contribution in [0.1, 0.15) is 52.6 Å². The quantitative estimate of drug-likeness (QED) is 0.454. The lowest BCUT2D eigenvalue weighted by molar-refractivity contribution is -0.142. The van der Waals surface area contributed by atoms with Crippen molar-refractivity contribution < 1.29 is 22.8 Å². The number of aromatic nitrogens is 6. The van der Waals surface area contributed by atoms with E-state index in [0.717, 1.165) is 18.4 Å². The van der Waals surface area contributed by atoms with Crippen molar-refractivity contribution in [1.29, 1.82) is 0 Å². The predicted molar refractivity (Wildman–Crippen MR) is 118 cm³/mol. The number of amides is 2. The molecule has 0 aromatic carbocycles. The van der Waals surface area contributed by atoms with E-state index < -0.39 is 23.7 Å². The molecule has 10 nitrogen and oxygen atoms in total. The fourth-order valence-corrected chi connectivity index (χ4v) is 4.43. The number of carbonyl (C=O) groups is 2. The third-order valence-electron chi connectivity index (χ3n) is 5.35. The molecule has 182 valence electrons. The lowest BCUT2D eigenvalue weighted by atomic mass is 10.2. The van der Waals surface area contributed by atoms with Gasteiger partial charge in [0.15, 0.2) is 5.69 Å². The van der Waals surface area contributed by atoms with Gasteiger partial charge in [0.25, 0.3) is 5.91 Å². The van der Waals surface area contributed by atoms with Crippen LogP contribution in [-0.4, -0.2) is 41.2 Å². The van der Waals surface area contributed by atoms with E-state index in [1.54, 1.807) is 31.2 Å². The largest absolute Gasteiger partial charge is 0.436 e. The number of nitrogens with zero attached hydrogens (tertiary/aromatic N) is 6. The molecule has 3 aromatic heterocycles. The van der Waals surface area contributed by atoms with Gasteiger partial charge >= 0.3 is 6.18 Å². The summed E-state index contributed by atoms with van der Waals surface area (Å²) in [6, 6.07) is 0. The zero-order valence-electron chi connectivity index (χ0n) is 18.4. The van der Waals surface area contributed by atoms with Crippen LogP contribution in [0, 0.1) is 0 Å². The second kappa shape index (κ2) is 9.24.